The summed E-state index contributed by atoms with van der Waals surface area (Å²) in [6.45, 7) is 5.15. The molecule has 0 unspecified atom stereocenters. The van der Waals surface area contributed by atoms with Gasteiger partial charge in [-0.1, -0.05) is 33.1 Å². The van der Waals surface area contributed by atoms with Crippen molar-refractivity contribution in [2.24, 2.45) is 5.92 Å². The van der Waals surface area contributed by atoms with Crippen molar-refractivity contribution in [3.8, 4) is 0 Å². The summed E-state index contributed by atoms with van der Waals surface area (Å²) in [5, 5.41) is 2.68. The minimum Gasteiger partial charge on any atom is -0.351 e. The van der Waals surface area contributed by atoms with Crippen molar-refractivity contribution in [2.75, 3.05) is 6.67 Å². The van der Waals surface area contributed by atoms with Crippen LogP contribution < -0.4 is 5.32 Å². The lowest BCUT2D eigenvalue weighted by Gasteiger charge is -2.24. The van der Waals surface area contributed by atoms with Gasteiger partial charge in [-0.3, -0.25) is 4.79 Å². The lowest BCUT2D eigenvalue weighted by molar-refractivity contribution is -0.120. The van der Waals surface area contributed by atoms with Crippen LogP contribution in [0, 0.1) is 5.92 Å². The summed E-state index contributed by atoms with van der Waals surface area (Å²) in [5.41, 5.74) is 0. The van der Waals surface area contributed by atoms with Gasteiger partial charge in [0.05, 0.1) is 6.04 Å². The number of halogens is 1. The van der Waals surface area contributed by atoms with Crippen molar-refractivity contribution in [1.29, 1.82) is 0 Å². The van der Waals surface area contributed by atoms with E-state index in [1.165, 1.54) is 6.92 Å². The monoisotopic (exact) mass is 205 g/mol. The molecule has 0 aromatic carbocycles. The third-order valence-corrected chi connectivity index (χ3v) is 2.58. The van der Waals surface area contributed by atoms with Gasteiger partial charge in [0.15, 0.2) is 0 Å². The first kappa shape index (κ1) is 13.4. The molecule has 0 rings (SSSR count). The number of rotatable bonds is 7. The van der Waals surface area contributed by atoms with E-state index in [0.29, 0.717) is 0 Å². The number of hydrogen-bond acceptors (Lipinski definition) is 1. The maximum absolute atomic E-state index is 12.7. The van der Waals surface area contributed by atoms with Crippen LogP contribution in [0.3, 0.4) is 0 Å². The Morgan fingerprint density at radius 1 is 1.50 bits per heavy atom. The first-order chi connectivity index (χ1) is 6.65. The fourth-order valence-electron chi connectivity index (χ4n) is 1.70. The average Bonchev–Trinajstić information content (AvgIpc) is 2.16. The van der Waals surface area contributed by atoms with Crippen LogP contribution in [0.1, 0.15) is 47.9 Å². The molecular formula is C11H24FNO. The molecule has 0 bridgehead atoms. The van der Waals surface area contributed by atoms with E-state index < -0.39 is 6.67 Å². The highest BCUT2D eigenvalue weighted by Gasteiger charge is 2.19. The zero-order valence-electron chi connectivity index (χ0n) is 9.48. The third-order valence-electron chi connectivity index (χ3n) is 2.58. The zero-order valence-corrected chi connectivity index (χ0v) is 9.48. The van der Waals surface area contributed by atoms with Crippen LogP contribution in [-0.2, 0) is 4.79 Å². The Morgan fingerprint density at radius 3 is 2.50 bits per heavy atom. The molecule has 0 fully saturated rings. The van der Waals surface area contributed by atoms with Crippen molar-refractivity contribution in [2.45, 2.75) is 52.5 Å². The molecule has 3 heteroatoms. The lowest BCUT2D eigenvalue weighted by Crippen LogP contribution is -2.40. The fraction of sp³-hybridized carbons (Fsp3) is 0.909. The van der Waals surface area contributed by atoms with Gasteiger partial charge in [0, 0.05) is 8.35 Å². The maximum atomic E-state index is 12.7. The van der Waals surface area contributed by atoms with Crippen LogP contribution in [-0.4, -0.2) is 18.6 Å². The van der Waals surface area contributed by atoms with E-state index in [2.05, 4.69) is 12.2 Å². The van der Waals surface area contributed by atoms with Gasteiger partial charge in [-0.2, -0.15) is 0 Å². The summed E-state index contributed by atoms with van der Waals surface area (Å²) in [4.78, 5) is 10.8. The van der Waals surface area contributed by atoms with Crippen molar-refractivity contribution in [3.05, 3.63) is 0 Å². The molecule has 1 amide bonds. The largest absolute Gasteiger partial charge is 0.351 e. The smallest absolute Gasteiger partial charge is 0.217 e. The van der Waals surface area contributed by atoms with Crippen LogP contribution in [0.2, 0.25) is 0 Å². The highest BCUT2D eigenvalue weighted by molar-refractivity contribution is 5.73. The van der Waals surface area contributed by atoms with Gasteiger partial charge in [0.1, 0.15) is 6.67 Å². The van der Waals surface area contributed by atoms with Crippen molar-refractivity contribution < 1.29 is 10.6 Å². The van der Waals surface area contributed by atoms with Crippen molar-refractivity contribution in [3.63, 3.8) is 0 Å². The standard InChI is InChI=1S/C11H22FNO.H2/c1-4-6-7-10(5-2)11(8-12)13-9(3)14;/h10-11H,4-8H2,1-3H3,(H,13,14);1H/t10-,11-;/m1./s1. The molecule has 0 saturated carbocycles. The summed E-state index contributed by atoms with van der Waals surface area (Å²) in [6, 6.07) is -0.288. The highest BCUT2D eigenvalue weighted by Crippen LogP contribution is 2.17. The van der Waals surface area contributed by atoms with Gasteiger partial charge in [0.2, 0.25) is 5.91 Å². The third kappa shape index (κ3) is 5.20. The second kappa shape index (κ2) is 7.77. The number of alkyl halides is 1. The predicted molar refractivity (Wildman–Crippen MR) is 59.0 cm³/mol. The molecule has 1 N–H and O–H groups in total. The van der Waals surface area contributed by atoms with Crippen LogP contribution in [0.25, 0.3) is 0 Å². The predicted octanol–water partition coefficient (Wildman–Crippen LogP) is 2.92. The molecule has 2 atom stereocenters. The number of carbonyl (C=O) groups excluding carboxylic acids is 1. The van der Waals surface area contributed by atoms with Crippen molar-refractivity contribution >= 4 is 5.91 Å². The first-order valence-corrected chi connectivity index (χ1v) is 5.48. The molecule has 0 saturated heterocycles. The number of unbranched alkanes of at least 4 members (excludes halogenated alkanes) is 1. The topological polar surface area (TPSA) is 29.1 Å². The Kier molecular flexibility index (Phi) is 7.44. The Bertz CT molecular complexity index is 167. The number of nitrogens with one attached hydrogen (secondary N) is 1. The van der Waals surface area contributed by atoms with E-state index in [4.69, 9.17) is 0 Å². The fourth-order valence-corrected chi connectivity index (χ4v) is 1.70. The van der Waals surface area contributed by atoms with Gasteiger partial charge >= 0.3 is 0 Å². The lowest BCUT2D eigenvalue weighted by atomic mass is 9.92. The molecule has 0 aromatic rings. The number of hydrogen-bond donors (Lipinski definition) is 1. The Hall–Kier alpha value is -0.600. The molecule has 0 spiro atoms. The Labute approximate surface area is 87.8 Å². The Balaban J connectivity index is 0. The molecule has 0 aliphatic carbocycles. The van der Waals surface area contributed by atoms with Crippen molar-refractivity contribution in [1.82, 2.24) is 5.32 Å². The van der Waals surface area contributed by atoms with E-state index in [9.17, 15) is 9.18 Å². The summed E-state index contributed by atoms with van der Waals surface area (Å²) >= 11 is 0. The minimum absolute atomic E-state index is 0. The van der Waals surface area contributed by atoms with Crippen LogP contribution in [0.15, 0.2) is 0 Å². The van der Waals surface area contributed by atoms with Gasteiger partial charge in [-0.25, -0.2) is 4.39 Å². The average molecular weight is 205 g/mol. The second-order valence-electron chi connectivity index (χ2n) is 3.77. The summed E-state index contributed by atoms with van der Waals surface area (Å²) in [5.74, 6) is 0.145. The molecule has 2 nitrogen and oxygen atoms in total. The quantitative estimate of drug-likeness (QED) is 0.680. The zero-order chi connectivity index (χ0) is 11.0. The molecule has 0 aliphatic rings. The molecule has 0 radical (unpaired) electrons. The molecule has 0 aromatic heterocycles. The first-order valence-electron chi connectivity index (χ1n) is 5.48. The van der Waals surface area contributed by atoms with E-state index in [0.717, 1.165) is 25.7 Å². The number of amides is 1. The van der Waals surface area contributed by atoms with Gasteiger partial charge in [-0.15, -0.1) is 0 Å². The van der Waals surface area contributed by atoms with Gasteiger partial charge in [-0.05, 0) is 12.3 Å². The molecule has 86 valence electrons. The maximum Gasteiger partial charge on any atom is 0.217 e. The SMILES string of the molecule is CCCC[C@@H](CC)[C@@H](CF)NC(C)=O.[HH]. The Morgan fingerprint density at radius 2 is 2.14 bits per heavy atom. The molecule has 0 aliphatic heterocycles. The normalized spacial score (nSPS) is 14.9. The summed E-state index contributed by atoms with van der Waals surface area (Å²) in [7, 11) is 0. The minimum atomic E-state index is -0.457. The van der Waals surface area contributed by atoms with Crippen LogP contribution >= 0.6 is 0 Å². The summed E-state index contributed by atoms with van der Waals surface area (Å²) in [6.07, 6.45) is 4.15. The summed E-state index contributed by atoms with van der Waals surface area (Å²) < 4.78 is 12.7. The molecular weight excluding hydrogens is 181 g/mol. The molecule has 14 heavy (non-hydrogen) atoms. The van der Waals surface area contributed by atoms with Crippen LogP contribution in [0.4, 0.5) is 4.39 Å². The highest BCUT2D eigenvalue weighted by atomic mass is 19.1. The van der Waals surface area contributed by atoms with Gasteiger partial charge < -0.3 is 5.32 Å². The second-order valence-corrected chi connectivity index (χ2v) is 3.77. The van der Waals surface area contributed by atoms with E-state index in [-0.39, 0.29) is 19.3 Å². The van der Waals surface area contributed by atoms with E-state index in [1.807, 2.05) is 6.92 Å². The van der Waals surface area contributed by atoms with E-state index in [1.54, 1.807) is 0 Å². The number of carbonyl (C=O) groups is 1. The van der Waals surface area contributed by atoms with E-state index >= 15 is 0 Å². The van der Waals surface area contributed by atoms with Crippen LogP contribution in [0.5, 0.6) is 0 Å². The van der Waals surface area contributed by atoms with Gasteiger partial charge in [0.25, 0.3) is 0 Å². The molecule has 0 heterocycles.